The molecule has 0 atom stereocenters. The fraction of sp³-hybridized carbons (Fsp3) is 0.188. The minimum absolute atomic E-state index is 0.00448. The highest BCUT2D eigenvalue weighted by molar-refractivity contribution is 6.33. The van der Waals surface area contributed by atoms with Crippen molar-refractivity contribution in [3.63, 3.8) is 0 Å². The van der Waals surface area contributed by atoms with Crippen LogP contribution in [0.2, 0.25) is 5.02 Å². The Kier molecular flexibility index (Phi) is 5.25. The summed E-state index contributed by atoms with van der Waals surface area (Å²) in [5, 5.41) is 24.5. The Morgan fingerprint density at radius 3 is 2.64 bits per heavy atom. The Bertz CT molecular complexity index is 689. The number of nitrogens with one attached hydrogen (secondary N) is 2. The van der Waals surface area contributed by atoms with Gasteiger partial charge in [-0.1, -0.05) is 17.7 Å². The van der Waals surface area contributed by atoms with Crippen molar-refractivity contribution in [3.05, 3.63) is 52.5 Å². The van der Waals surface area contributed by atoms with E-state index in [-0.39, 0.29) is 18.3 Å². The number of amides is 1. The van der Waals surface area contributed by atoms with Crippen LogP contribution in [0.3, 0.4) is 0 Å². The molecule has 0 saturated heterocycles. The average Bonchev–Trinajstić information content (AvgIpc) is 2.49. The second-order valence-electron chi connectivity index (χ2n) is 4.80. The predicted molar refractivity (Wildman–Crippen MR) is 87.8 cm³/mol. The highest BCUT2D eigenvalue weighted by Crippen LogP contribution is 2.24. The van der Waals surface area contributed by atoms with Crippen molar-refractivity contribution in [3.8, 4) is 5.75 Å². The summed E-state index contributed by atoms with van der Waals surface area (Å²) < 4.78 is 0. The van der Waals surface area contributed by atoms with E-state index in [1.807, 2.05) is 0 Å². The molecule has 0 aliphatic heterocycles. The van der Waals surface area contributed by atoms with E-state index in [1.165, 1.54) is 6.07 Å². The van der Waals surface area contributed by atoms with Crippen LogP contribution in [-0.4, -0.2) is 29.3 Å². The van der Waals surface area contributed by atoms with E-state index in [0.717, 1.165) is 5.56 Å². The van der Waals surface area contributed by atoms with Crippen molar-refractivity contribution in [2.24, 2.45) is 0 Å². The molecule has 0 aliphatic carbocycles. The van der Waals surface area contributed by atoms with Gasteiger partial charge in [-0.05, 0) is 36.8 Å². The van der Waals surface area contributed by atoms with E-state index in [2.05, 4.69) is 10.6 Å². The molecule has 116 valence electrons. The first-order chi connectivity index (χ1) is 10.5. The number of rotatable bonds is 5. The number of carbonyl (C=O) groups excluding carboxylic acids is 1. The number of benzene rings is 2. The van der Waals surface area contributed by atoms with Gasteiger partial charge in [0.25, 0.3) is 5.91 Å². The summed E-state index contributed by atoms with van der Waals surface area (Å²) >= 11 is 6.09. The Balaban J connectivity index is 2.12. The number of hydrogen-bond acceptors (Lipinski definition) is 4. The molecule has 0 aliphatic rings. The molecule has 22 heavy (non-hydrogen) atoms. The third-order valence-electron chi connectivity index (χ3n) is 3.13. The molecule has 0 fully saturated rings. The molecule has 2 aromatic rings. The van der Waals surface area contributed by atoms with Crippen molar-refractivity contribution >= 4 is 28.9 Å². The Hall–Kier alpha value is -2.24. The Morgan fingerprint density at radius 1 is 1.23 bits per heavy atom. The molecule has 2 rings (SSSR count). The Labute approximate surface area is 133 Å². The first-order valence-electron chi connectivity index (χ1n) is 6.76. The van der Waals surface area contributed by atoms with Gasteiger partial charge in [0.1, 0.15) is 5.75 Å². The van der Waals surface area contributed by atoms with Gasteiger partial charge < -0.3 is 20.8 Å². The molecule has 0 radical (unpaired) electrons. The van der Waals surface area contributed by atoms with Crippen LogP contribution in [0.5, 0.6) is 5.75 Å². The monoisotopic (exact) mass is 320 g/mol. The second kappa shape index (κ2) is 7.15. The van der Waals surface area contributed by atoms with E-state index >= 15 is 0 Å². The van der Waals surface area contributed by atoms with Gasteiger partial charge in [-0.3, -0.25) is 4.79 Å². The molecule has 0 aromatic heterocycles. The predicted octanol–water partition coefficient (Wildman–Crippen LogP) is 3.01. The van der Waals surface area contributed by atoms with Crippen LogP contribution in [0.25, 0.3) is 0 Å². The van der Waals surface area contributed by atoms with E-state index in [4.69, 9.17) is 16.7 Å². The molecular weight excluding hydrogens is 304 g/mol. The number of hydrogen-bond donors (Lipinski definition) is 4. The minimum Gasteiger partial charge on any atom is -0.508 e. The van der Waals surface area contributed by atoms with Crippen LogP contribution in [0.1, 0.15) is 15.9 Å². The van der Waals surface area contributed by atoms with Crippen molar-refractivity contribution in [1.29, 1.82) is 0 Å². The summed E-state index contributed by atoms with van der Waals surface area (Å²) in [6, 6.07) is 9.79. The van der Waals surface area contributed by atoms with Crippen molar-refractivity contribution < 1.29 is 15.0 Å². The fourth-order valence-electron chi connectivity index (χ4n) is 1.88. The van der Waals surface area contributed by atoms with Gasteiger partial charge in [0.15, 0.2) is 0 Å². The van der Waals surface area contributed by atoms with Crippen molar-refractivity contribution in [2.45, 2.75) is 6.92 Å². The third kappa shape index (κ3) is 3.90. The molecule has 0 spiro atoms. The van der Waals surface area contributed by atoms with E-state index in [0.29, 0.717) is 28.5 Å². The smallest absolute Gasteiger partial charge is 0.255 e. The lowest BCUT2D eigenvalue weighted by molar-refractivity contribution is 0.102. The molecule has 5 nitrogen and oxygen atoms in total. The van der Waals surface area contributed by atoms with Gasteiger partial charge in [-0.25, -0.2) is 0 Å². The minimum atomic E-state index is -0.320. The normalized spacial score (nSPS) is 10.3. The highest BCUT2D eigenvalue weighted by atomic mass is 35.5. The van der Waals surface area contributed by atoms with Crippen LogP contribution < -0.4 is 10.6 Å². The molecule has 0 heterocycles. The first kappa shape index (κ1) is 16.1. The summed E-state index contributed by atoms with van der Waals surface area (Å²) in [4.78, 5) is 12.2. The largest absolute Gasteiger partial charge is 0.508 e. The maximum absolute atomic E-state index is 12.2. The van der Waals surface area contributed by atoms with E-state index in [1.54, 1.807) is 37.3 Å². The molecule has 0 saturated carbocycles. The zero-order valence-electron chi connectivity index (χ0n) is 12.1. The fourth-order valence-corrected chi connectivity index (χ4v) is 2.13. The van der Waals surface area contributed by atoms with Crippen molar-refractivity contribution in [2.75, 3.05) is 23.8 Å². The molecule has 4 N–H and O–H groups in total. The number of aromatic hydroxyl groups is 1. The Morgan fingerprint density at radius 2 is 2.00 bits per heavy atom. The van der Waals surface area contributed by atoms with Gasteiger partial charge in [-0.2, -0.15) is 0 Å². The van der Waals surface area contributed by atoms with Gasteiger partial charge in [0.2, 0.25) is 0 Å². The van der Waals surface area contributed by atoms with Gasteiger partial charge in [0, 0.05) is 23.9 Å². The lowest BCUT2D eigenvalue weighted by Crippen LogP contribution is -2.12. The van der Waals surface area contributed by atoms with E-state index < -0.39 is 0 Å². The van der Waals surface area contributed by atoms with Crippen LogP contribution in [0.15, 0.2) is 36.4 Å². The maximum Gasteiger partial charge on any atom is 0.255 e. The molecule has 0 bridgehead atoms. The topological polar surface area (TPSA) is 81.6 Å². The zero-order chi connectivity index (χ0) is 16.1. The van der Waals surface area contributed by atoms with Gasteiger partial charge in [0.05, 0.1) is 17.3 Å². The summed E-state index contributed by atoms with van der Waals surface area (Å²) in [7, 11) is 0. The van der Waals surface area contributed by atoms with Gasteiger partial charge >= 0.3 is 0 Å². The molecule has 6 heteroatoms. The number of phenolic OH excluding ortho intramolecular Hbond substituents is 1. The molecule has 0 unspecified atom stereocenters. The maximum atomic E-state index is 12.2. The molecule has 1 amide bonds. The van der Waals surface area contributed by atoms with Crippen LogP contribution in [0.4, 0.5) is 11.4 Å². The number of aliphatic hydroxyl groups excluding tert-OH is 1. The van der Waals surface area contributed by atoms with Crippen LogP contribution in [-0.2, 0) is 0 Å². The number of halogens is 1. The number of phenols is 1. The van der Waals surface area contributed by atoms with Crippen molar-refractivity contribution in [1.82, 2.24) is 0 Å². The second-order valence-corrected chi connectivity index (χ2v) is 5.21. The number of aryl methyl sites for hydroxylation is 1. The summed E-state index contributed by atoms with van der Waals surface area (Å²) in [6.45, 7) is 2.15. The lowest BCUT2D eigenvalue weighted by Gasteiger charge is -2.10. The number of carbonyl (C=O) groups is 1. The lowest BCUT2D eigenvalue weighted by atomic mass is 10.1. The first-order valence-corrected chi connectivity index (χ1v) is 7.14. The SMILES string of the molecule is Cc1ccc(NC(=O)c2ccc(NCCO)c(Cl)c2)cc1O. The summed E-state index contributed by atoms with van der Waals surface area (Å²) in [5.41, 5.74) is 2.30. The van der Waals surface area contributed by atoms with Crippen LogP contribution >= 0.6 is 11.6 Å². The number of aliphatic hydroxyl groups is 1. The zero-order valence-corrected chi connectivity index (χ0v) is 12.8. The highest BCUT2D eigenvalue weighted by Gasteiger charge is 2.10. The standard InChI is InChI=1S/C16H17ClN2O3/c1-10-2-4-12(9-15(10)21)19-16(22)11-3-5-14(13(17)8-11)18-6-7-20/h2-5,8-9,18,20-21H,6-7H2,1H3,(H,19,22). The molecular formula is C16H17ClN2O3. The molecule has 2 aromatic carbocycles. The summed E-state index contributed by atoms with van der Waals surface area (Å²) in [5.74, 6) is -0.196. The van der Waals surface area contributed by atoms with Crippen LogP contribution in [0, 0.1) is 6.92 Å². The quantitative estimate of drug-likeness (QED) is 0.682. The van der Waals surface area contributed by atoms with E-state index in [9.17, 15) is 9.90 Å². The summed E-state index contributed by atoms with van der Waals surface area (Å²) in [6.07, 6.45) is 0. The van der Waals surface area contributed by atoms with Gasteiger partial charge in [-0.15, -0.1) is 0 Å². The third-order valence-corrected chi connectivity index (χ3v) is 3.44. The number of anilines is 2. The average molecular weight is 321 g/mol.